The summed E-state index contributed by atoms with van der Waals surface area (Å²) in [5.41, 5.74) is 6.02. The van der Waals surface area contributed by atoms with Crippen LogP contribution in [0.5, 0.6) is 0 Å². The summed E-state index contributed by atoms with van der Waals surface area (Å²) in [4.78, 5) is 31.2. The second-order valence-corrected chi connectivity index (χ2v) is 13.1. The van der Waals surface area contributed by atoms with E-state index in [1.165, 1.54) is 24.8 Å². The van der Waals surface area contributed by atoms with Crippen molar-refractivity contribution in [3.63, 3.8) is 0 Å². The highest BCUT2D eigenvalue weighted by atomic mass is 16.6. The van der Waals surface area contributed by atoms with Crippen LogP contribution >= 0.6 is 0 Å². The fraction of sp³-hybridized carbons (Fsp3) is 0.441. The molecule has 4 aromatic rings. The first-order valence-corrected chi connectivity index (χ1v) is 15.4. The zero-order chi connectivity index (χ0) is 28.8. The van der Waals surface area contributed by atoms with Crippen molar-refractivity contribution >= 4 is 6.09 Å². The topological polar surface area (TPSA) is 98.9 Å². The number of ether oxygens (including phenoxy) is 1. The molecule has 2 saturated heterocycles. The number of carbonyl (C=O) groups is 1. The van der Waals surface area contributed by atoms with Crippen LogP contribution in [0, 0.1) is 5.92 Å². The number of piperidine rings is 2. The van der Waals surface area contributed by atoms with Gasteiger partial charge in [0.2, 0.25) is 0 Å². The number of nitrogens with one attached hydrogen (secondary N) is 3. The Labute approximate surface area is 247 Å². The number of fused-ring (bicyclic) bond motifs is 2. The van der Waals surface area contributed by atoms with Gasteiger partial charge in [-0.3, -0.25) is 4.90 Å². The van der Waals surface area contributed by atoms with E-state index in [9.17, 15) is 4.79 Å². The maximum atomic E-state index is 12.9. The number of amides is 1. The van der Waals surface area contributed by atoms with Gasteiger partial charge in [0.25, 0.3) is 0 Å². The Balaban J connectivity index is 1.03. The summed E-state index contributed by atoms with van der Waals surface area (Å²) >= 11 is 0. The molecule has 2 aromatic carbocycles. The lowest BCUT2D eigenvalue weighted by molar-refractivity contribution is 0.00854. The maximum absolute atomic E-state index is 12.9. The number of carbonyl (C=O) groups excluding carboxylic acids is 1. The lowest BCUT2D eigenvalue weighted by Gasteiger charge is -2.35. The minimum absolute atomic E-state index is 0.101. The summed E-state index contributed by atoms with van der Waals surface area (Å²) in [5.74, 6) is 2.60. The van der Waals surface area contributed by atoms with E-state index in [2.05, 4.69) is 68.8 Å². The second kappa shape index (κ2) is 10.7. The highest BCUT2D eigenvalue weighted by molar-refractivity contribution is 5.72. The molecule has 3 N–H and O–H groups in total. The highest BCUT2D eigenvalue weighted by Gasteiger charge is 2.41. The van der Waals surface area contributed by atoms with Crippen LogP contribution in [0.4, 0.5) is 4.79 Å². The Bertz CT molecular complexity index is 1550. The maximum Gasteiger partial charge on any atom is 0.410 e. The number of imidazole rings is 2. The molecule has 3 fully saturated rings. The van der Waals surface area contributed by atoms with Crippen molar-refractivity contribution in [2.24, 2.45) is 5.92 Å². The van der Waals surface area contributed by atoms with Gasteiger partial charge in [-0.05, 0) is 87.5 Å². The lowest BCUT2D eigenvalue weighted by atomic mass is 9.99. The number of benzene rings is 2. The van der Waals surface area contributed by atoms with E-state index < -0.39 is 5.60 Å². The molecular weight excluding hydrogens is 524 g/mol. The number of rotatable bonds is 5. The van der Waals surface area contributed by atoms with Gasteiger partial charge in [0.05, 0.1) is 35.9 Å². The predicted molar refractivity (Wildman–Crippen MR) is 164 cm³/mol. The summed E-state index contributed by atoms with van der Waals surface area (Å²) in [6.07, 6.45) is 10.4. The van der Waals surface area contributed by atoms with E-state index in [1.807, 2.05) is 38.1 Å². The smallest absolute Gasteiger partial charge is 0.410 e. The third-order valence-electron chi connectivity index (χ3n) is 9.02. The van der Waals surface area contributed by atoms with Crippen molar-refractivity contribution in [1.29, 1.82) is 0 Å². The number of H-pyrrole nitrogens is 2. The first-order chi connectivity index (χ1) is 20.3. The second-order valence-electron chi connectivity index (χ2n) is 13.1. The molecule has 2 unspecified atom stereocenters. The number of hydrogen-bond acceptors (Lipinski definition) is 5. The molecule has 8 nitrogen and oxygen atoms in total. The number of hydrogen-bond donors (Lipinski definition) is 3. The van der Waals surface area contributed by atoms with Crippen LogP contribution in [0.1, 0.15) is 83.0 Å². The van der Waals surface area contributed by atoms with E-state index in [0.29, 0.717) is 24.5 Å². The van der Waals surface area contributed by atoms with Gasteiger partial charge in [0.15, 0.2) is 0 Å². The van der Waals surface area contributed by atoms with Gasteiger partial charge in [0.1, 0.15) is 17.2 Å². The van der Waals surface area contributed by atoms with E-state index in [4.69, 9.17) is 9.72 Å². The lowest BCUT2D eigenvalue weighted by Crippen LogP contribution is -2.42. The van der Waals surface area contributed by atoms with Gasteiger partial charge in [-0.1, -0.05) is 48.5 Å². The van der Waals surface area contributed by atoms with Crippen molar-refractivity contribution in [3.05, 3.63) is 72.6 Å². The largest absolute Gasteiger partial charge is 0.444 e. The molecule has 1 saturated carbocycles. The van der Waals surface area contributed by atoms with Gasteiger partial charge < -0.3 is 20.0 Å². The minimum atomic E-state index is -0.523. The molecule has 0 spiro atoms. The van der Waals surface area contributed by atoms with Crippen LogP contribution in [0.15, 0.2) is 60.9 Å². The van der Waals surface area contributed by atoms with E-state index in [-0.39, 0.29) is 12.1 Å². The Hall–Kier alpha value is -3.91. The van der Waals surface area contributed by atoms with E-state index in [1.54, 1.807) is 0 Å². The quantitative estimate of drug-likeness (QED) is 0.234. The van der Waals surface area contributed by atoms with Gasteiger partial charge >= 0.3 is 6.09 Å². The molecule has 4 atom stereocenters. The molecule has 7 rings (SSSR count). The van der Waals surface area contributed by atoms with Crippen molar-refractivity contribution < 1.29 is 9.53 Å². The third kappa shape index (κ3) is 5.36. The molecule has 2 aromatic heterocycles. The average Bonchev–Trinajstić information content (AvgIpc) is 3.81. The Morgan fingerprint density at radius 1 is 0.810 bits per heavy atom. The normalized spacial score (nSPS) is 23.8. The van der Waals surface area contributed by atoms with Crippen molar-refractivity contribution in [1.82, 2.24) is 30.2 Å². The molecule has 4 heterocycles. The molecule has 1 aliphatic carbocycles. The predicted octanol–water partition coefficient (Wildman–Crippen LogP) is 7.41. The first kappa shape index (κ1) is 27.0. The van der Waals surface area contributed by atoms with Crippen LogP contribution in [0.3, 0.4) is 0 Å². The molecular formula is C34H40N6O2. The third-order valence-corrected chi connectivity index (χ3v) is 9.02. The molecule has 2 aliphatic heterocycles. The summed E-state index contributed by atoms with van der Waals surface area (Å²) in [6.45, 7) is 6.39. The molecule has 8 heteroatoms. The van der Waals surface area contributed by atoms with Crippen molar-refractivity contribution in [2.45, 2.75) is 83.0 Å². The van der Waals surface area contributed by atoms with Crippen LogP contribution in [-0.2, 0) is 4.74 Å². The van der Waals surface area contributed by atoms with E-state index >= 15 is 0 Å². The van der Waals surface area contributed by atoms with Gasteiger partial charge in [0, 0.05) is 12.6 Å². The molecule has 42 heavy (non-hydrogen) atoms. The monoisotopic (exact) mass is 564 g/mol. The van der Waals surface area contributed by atoms with Crippen LogP contribution in [0.25, 0.3) is 33.6 Å². The standard InChI is InChI=1S/C34H40N6O2/c1-34(2,3)42-33(41)40-17-5-4-6-29(40)31-35-19-27(38-31)23-11-7-21(8-12-23)22-9-13-24(14-10-22)28-20-36-32(39-28)30-25-15-16-26(18-25)37-30/h7-14,19-20,25-26,29-30,37H,4-6,15-18H2,1-3H3,(H,35,38)(H,36,39)/t25-,26+,29?,30?/m0/s1. The number of likely N-dealkylation sites (tertiary alicyclic amines) is 1. The molecule has 0 radical (unpaired) electrons. The fourth-order valence-corrected chi connectivity index (χ4v) is 6.90. The highest BCUT2D eigenvalue weighted by Crippen LogP contribution is 2.42. The van der Waals surface area contributed by atoms with Crippen LogP contribution < -0.4 is 5.32 Å². The minimum Gasteiger partial charge on any atom is -0.444 e. The Morgan fingerprint density at radius 3 is 1.98 bits per heavy atom. The first-order valence-electron chi connectivity index (χ1n) is 15.4. The van der Waals surface area contributed by atoms with Crippen LogP contribution in [0.2, 0.25) is 0 Å². The molecule has 2 bridgehead atoms. The zero-order valence-corrected chi connectivity index (χ0v) is 24.7. The van der Waals surface area contributed by atoms with Crippen molar-refractivity contribution in [3.8, 4) is 33.6 Å². The number of nitrogens with zero attached hydrogens (tertiary/aromatic N) is 3. The van der Waals surface area contributed by atoms with Gasteiger partial charge in [-0.25, -0.2) is 14.8 Å². The number of aromatic nitrogens is 4. The zero-order valence-electron chi connectivity index (χ0n) is 24.7. The summed E-state index contributed by atoms with van der Waals surface area (Å²) in [7, 11) is 0. The van der Waals surface area contributed by atoms with Crippen molar-refractivity contribution in [2.75, 3.05) is 6.54 Å². The fourth-order valence-electron chi connectivity index (χ4n) is 6.90. The molecule has 1 amide bonds. The molecule has 218 valence electrons. The average molecular weight is 565 g/mol. The summed E-state index contributed by atoms with van der Waals surface area (Å²) in [5, 5.41) is 3.73. The molecule has 3 aliphatic rings. The van der Waals surface area contributed by atoms with Crippen LogP contribution in [-0.4, -0.2) is 49.1 Å². The number of aromatic amines is 2. The summed E-state index contributed by atoms with van der Waals surface area (Å²) < 4.78 is 5.68. The van der Waals surface area contributed by atoms with Gasteiger partial charge in [-0.15, -0.1) is 0 Å². The summed E-state index contributed by atoms with van der Waals surface area (Å²) in [6, 6.07) is 18.1. The van der Waals surface area contributed by atoms with Gasteiger partial charge in [-0.2, -0.15) is 0 Å². The van der Waals surface area contributed by atoms with E-state index in [0.717, 1.165) is 59.0 Å². The SMILES string of the molecule is CC(C)(C)OC(=O)N1CCCCC1c1ncc(-c2ccc(-c3ccc(-c4cnc(C5N[C@@H]6CC[C@H]5C6)[nH]4)cc3)cc2)[nH]1. The Morgan fingerprint density at radius 2 is 1.40 bits per heavy atom. The Kier molecular flexibility index (Phi) is 6.89.